The Hall–Kier alpha value is -0.460. The molecule has 0 spiro atoms. The second kappa shape index (κ2) is 6.10. The van der Waals surface area contributed by atoms with Crippen molar-refractivity contribution in [3.63, 3.8) is 0 Å². The van der Waals surface area contributed by atoms with Crippen LogP contribution in [0.25, 0.3) is 0 Å². The first kappa shape index (κ1) is 14.1. The highest BCUT2D eigenvalue weighted by atomic mass is 31.2. The monoisotopic (exact) mass is 202 g/mol. The SMILES string of the molecule is CC(O)CC(=O)O.O=P(O)(O)O. The molecule has 1 atom stereocenters. The van der Waals surface area contributed by atoms with Crippen molar-refractivity contribution < 1.29 is 34.3 Å². The van der Waals surface area contributed by atoms with Gasteiger partial charge in [-0.15, -0.1) is 0 Å². The number of carboxylic acids is 1. The van der Waals surface area contributed by atoms with E-state index in [2.05, 4.69) is 0 Å². The Morgan fingerprint density at radius 2 is 1.67 bits per heavy atom. The van der Waals surface area contributed by atoms with Crippen molar-refractivity contribution in [1.82, 2.24) is 0 Å². The normalized spacial score (nSPS) is 12.8. The molecule has 0 heterocycles. The van der Waals surface area contributed by atoms with Crippen LogP contribution in [0.5, 0.6) is 0 Å². The van der Waals surface area contributed by atoms with E-state index in [4.69, 9.17) is 29.5 Å². The average molecular weight is 202 g/mol. The molecule has 0 aliphatic heterocycles. The zero-order valence-electron chi connectivity index (χ0n) is 6.28. The first-order chi connectivity index (χ1) is 5.13. The van der Waals surface area contributed by atoms with Crippen LogP contribution in [-0.2, 0) is 9.36 Å². The minimum atomic E-state index is -4.64. The molecule has 7 nitrogen and oxygen atoms in total. The highest BCUT2D eigenvalue weighted by Gasteiger charge is 2.00. The lowest BCUT2D eigenvalue weighted by Crippen LogP contribution is -2.07. The number of hydrogen-bond acceptors (Lipinski definition) is 3. The minimum absolute atomic E-state index is 0.167. The third-order valence-corrected chi connectivity index (χ3v) is 0.470. The van der Waals surface area contributed by atoms with Gasteiger partial charge in [-0.3, -0.25) is 4.79 Å². The quantitative estimate of drug-likeness (QED) is 0.359. The summed E-state index contributed by atoms with van der Waals surface area (Å²) in [6.07, 6.45) is -0.891. The summed E-state index contributed by atoms with van der Waals surface area (Å²) in [6, 6.07) is 0. The topological polar surface area (TPSA) is 135 Å². The van der Waals surface area contributed by atoms with E-state index in [1.807, 2.05) is 0 Å². The molecule has 5 N–H and O–H groups in total. The summed E-state index contributed by atoms with van der Waals surface area (Å²) < 4.78 is 8.88. The molecule has 0 saturated heterocycles. The molecule has 1 unspecified atom stereocenters. The molecule has 0 aliphatic carbocycles. The predicted molar refractivity (Wildman–Crippen MR) is 38.2 cm³/mol. The lowest BCUT2D eigenvalue weighted by molar-refractivity contribution is -0.138. The summed E-state index contributed by atoms with van der Waals surface area (Å²) in [5.41, 5.74) is 0. The van der Waals surface area contributed by atoms with Crippen molar-refractivity contribution in [2.24, 2.45) is 0 Å². The molecule has 12 heavy (non-hydrogen) atoms. The van der Waals surface area contributed by atoms with Crippen molar-refractivity contribution in [1.29, 1.82) is 0 Å². The Kier molecular flexibility index (Phi) is 7.16. The van der Waals surface area contributed by atoms with E-state index in [1.165, 1.54) is 6.92 Å². The summed E-state index contributed by atoms with van der Waals surface area (Å²) in [5.74, 6) is -0.963. The van der Waals surface area contributed by atoms with Crippen LogP contribution < -0.4 is 0 Å². The second-order valence-electron chi connectivity index (χ2n) is 1.96. The Bertz CT molecular complexity index is 162. The summed E-state index contributed by atoms with van der Waals surface area (Å²) in [6.45, 7) is 1.44. The lowest BCUT2D eigenvalue weighted by Gasteiger charge is -1.94. The molecule has 0 aromatic carbocycles. The molecule has 0 amide bonds. The maximum atomic E-state index is 9.65. The van der Waals surface area contributed by atoms with E-state index < -0.39 is 19.9 Å². The first-order valence-corrected chi connectivity index (χ1v) is 4.37. The summed E-state index contributed by atoms with van der Waals surface area (Å²) in [7, 11) is -4.64. The summed E-state index contributed by atoms with van der Waals surface area (Å²) >= 11 is 0. The van der Waals surface area contributed by atoms with Gasteiger partial charge >= 0.3 is 13.8 Å². The summed E-state index contributed by atoms with van der Waals surface area (Å²) in [4.78, 5) is 31.2. The van der Waals surface area contributed by atoms with Gasteiger partial charge in [-0.25, -0.2) is 4.57 Å². The van der Waals surface area contributed by atoms with Crippen LogP contribution in [-0.4, -0.2) is 37.0 Å². The maximum absolute atomic E-state index is 9.65. The van der Waals surface area contributed by atoms with Gasteiger partial charge in [-0.2, -0.15) is 0 Å². The van der Waals surface area contributed by atoms with Gasteiger partial charge in [0, 0.05) is 0 Å². The number of aliphatic carboxylic acids is 1. The van der Waals surface area contributed by atoms with E-state index in [0.717, 1.165) is 0 Å². The highest BCUT2D eigenvalue weighted by Crippen LogP contribution is 2.25. The molecular weight excluding hydrogens is 191 g/mol. The third-order valence-electron chi connectivity index (χ3n) is 0.470. The summed E-state index contributed by atoms with van der Waals surface area (Å²) in [5, 5.41) is 16.3. The molecule has 0 rings (SSSR count). The molecule has 0 bridgehead atoms. The highest BCUT2D eigenvalue weighted by molar-refractivity contribution is 7.45. The number of carboxylic acid groups (broad SMARTS) is 1. The van der Waals surface area contributed by atoms with Crippen molar-refractivity contribution in [2.75, 3.05) is 0 Å². The largest absolute Gasteiger partial charge is 0.481 e. The third kappa shape index (κ3) is 55.5. The van der Waals surface area contributed by atoms with Crippen LogP contribution in [0.1, 0.15) is 13.3 Å². The van der Waals surface area contributed by atoms with E-state index in [-0.39, 0.29) is 6.42 Å². The number of rotatable bonds is 2. The lowest BCUT2D eigenvalue weighted by atomic mass is 10.3. The Morgan fingerprint density at radius 1 is 1.42 bits per heavy atom. The van der Waals surface area contributed by atoms with Crippen LogP contribution in [0, 0.1) is 0 Å². The van der Waals surface area contributed by atoms with Crippen LogP contribution in [0.3, 0.4) is 0 Å². The Balaban J connectivity index is 0. The van der Waals surface area contributed by atoms with Crippen LogP contribution in [0.2, 0.25) is 0 Å². The molecule has 0 aliphatic rings. The van der Waals surface area contributed by atoms with E-state index in [1.54, 1.807) is 0 Å². The molecule has 0 aromatic rings. The number of hydrogen-bond donors (Lipinski definition) is 5. The van der Waals surface area contributed by atoms with Gasteiger partial charge in [0.1, 0.15) is 0 Å². The standard InChI is InChI=1S/C4H8O3.H3O4P/c1-3(5)2-4(6)7;1-5(2,3)4/h3,5H,2H2,1H3,(H,6,7);(H3,1,2,3,4). The zero-order valence-corrected chi connectivity index (χ0v) is 7.18. The van der Waals surface area contributed by atoms with Gasteiger partial charge < -0.3 is 24.9 Å². The van der Waals surface area contributed by atoms with Crippen molar-refractivity contribution in [2.45, 2.75) is 19.4 Å². The zero-order chi connectivity index (χ0) is 10.4. The maximum Gasteiger partial charge on any atom is 0.466 e. The van der Waals surface area contributed by atoms with E-state index in [0.29, 0.717) is 0 Å². The molecule has 0 aromatic heterocycles. The number of carbonyl (C=O) groups is 1. The van der Waals surface area contributed by atoms with Crippen molar-refractivity contribution >= 4 is 13.8 Å². The fourth-order valence-electron chi connectivity index (χ4n) is 0.253. The Labute approximate surface area is 68.5 Å². The fourth-order valence-corrected chi connectivity index (χ4v) is 0.253. The minimum Gasteiger partial charge on any atom is -0.481 e. The van der Waals surface area contributed by atoms with Crippen LogP contribution in [0.4, 0.5) is 0 Å². The van der Waals surface area contributed by atoms with Crippen molar-refractivity contribution in [3.8, 4) is 0 Å². The number of aliphatic hydroxyl groups excluding tert-OH is 1. The van der Waals surface area contributed by atoms with Gasteiger partial charge in [0.2, 0.25) is 0 Å². The molecule has 0 saturated carbocycles. The average Bonchev–Trinajstić information content (AvgIpc) is 1.52. The van der Waals surface area contributed by atoms with Gasteiger partial charge in [0.25, 0.3) is 0 Å². The molecule has 8 heteroatoms. The fraction of sp³-hybridized carbons (Fsp3) is 0.750. The van der Waals surface area contributed by atoms with E-state index >= 15 is 0 Å². The molecular formula is C4H11O7P. The van der Waals surface area contributed by atoms with Crippen molar-refractivity contribution in [3.05, 3.63) is 0 Å². The molecule has 0 radical (unpaired) electrons. The van der Waals surface area contributed by atoms with E-state index in [9.17, 15) is 4.79 Å². The molecule has 0 fully saturated rings. The smallest absolute Gasteiger partial charge is 0.466 e. The molecule has 74 valence electrons. The van der Waals surface area contributed by atoms with Crippen LogP contribution in [0.15, 0.2) is 0 Å². The predicted octanol–water partition coefficient (Wildman–Crippen LogP) is -1.09. The first-order valence-electron chi connectivity index (χ1n) is 2.81. The van der Waals surface area contributed by atoms with Crippen LogP contribution >= 0.6 is 7.82 Å². The van der Waals surface area contributed by atoms with Gasteiger partial charge in [0.05, 0.1) is 12.5 Å². The second-order valence-corrected chi connectivity index (χ2v) is 2.99. The van der Waals surface area contributed by atoms with Gasteiger partial charge in [0.15, 0.2) is 0 Å². The number of phosphoric acid groups is 1. The van der Waals surface area contributed by atoms with Gasteiger partial charge in [-0.05, 0) is 6.92 Å². The van der Waals surface area contributed by atoms with Gasteiger partial charge in [-0.1, -0.05) is 0 Å². The Morgan fingerprint density at radius 3 is 1.67 bits per heavy atom. The number of aliphatic hydroxyl groups is 1.